The van der Waals surface area contributed by atoms with Gasteiger partial charge in [0.15, 0.2) is 9.84 Å². The Bertz CT molecular complexity index is 760. The lowest BCUT2D eigenvalue weighted by atomic mass is 10.1. The quantitative estimate of drug-likeness (QED) is 0.682. The molecule has 0 fully saturated rings. The molecule has 0 bridgehead atoms. The van der Waals surface area contributed by atoms with E-state index in [-0.39, 0.29) is 5.75 Å². The molecule has 132 valence electrons. The molecule has 0 radical (unpaired) electrons. The summed E-state index contributed by atoms with van der Waals surface area (Å²) in [6, 6.07) is 19.1. The summed E-state index contributed by atoms with van der Waals surface area (Å²) in [4.78, 5) is 14.5. The summed E-state index contributed by atoms with van der Waals surface area (Å²) >= 11 is 0. The highest BCUT2D eigenvalue weighted by molar-refractivity contribution is 7.92. The zero-order chi connectivity index (χ0) is 18.3. The van der Waals surface area contributed by atoms with E-state index in [0.717, 1.165) is 11.1 Å². The summed E-state index contributed by atoms with van der Waals surface area (Å²) in [7, 11) is -3.55. The molecule has 0 aliphatic heterocycles. The minimum absolute atomic E-state index is 0.204. The van der Waals surface area contributed by atoms with Crippen LogP contribution in [0.2, 0.25) is 0 Å². The lowest BCUT2D eigenvalue weighted by Gasteiger charge is -2.26. The topological polar surface area (TPSA) is 54.5 Å². The number of amides is 1. The maximum absolute atomic E-state index is 12.9. The van der Waals surface area contributed by atoms with E-state index in [4.69, 9.17) is 0 Å². The highest BCUT2D eigenvalue weighted by Gasteiger charge is 2.30. The fourth-order valence-electron chi connectivity index (χ4n) is 2.54. The molecule has 2 aromatic carbocycles. The minimum Gasteiger partial charge on any atom is -0.333 e. The molecule has 0 heterocycles. The van der Waals surface area contributed by atoms with Crippen LogP contribution in [0.1, 0.15) is 18.1 Å². The van der Waals surface area contributed by atoms with Gasteiger partial charge in [0.05, 0.1) is 5.75 Å². The number of nitrogens with zero attached hydrogens (tertiary/aromatic N) is 1. The van der Waals surface area contributed by atoms with E-state index < -0.39 is 21.0 Å². The molecule has 2 rings (SSSR count). The van der Waals surface area contributed by atoms with Gasteiger partial charge in [-0.3, -0.25) is 4.79 Å². The van der Waals surface area contributed by atoms with Crippen LogP contribution in [0.5, 0.6) is 0 Å². The zero-order valence-corrected chi connectivity index (χ0v) is 15.2. The third kappa shape index (κ3) is 5.29. The Morgan fingerprint density at radius 3 is 1.84 bits per heavy atom. The molecular formula is C20H23NO3S. The first-order chi connectivity index (χ1) is 11.9. The van der Waals surface area contributed by atoms with Crippen molar-refractivity contribution < 1.29 is 13.2 Å². The monoisotopic (exact) mass is 357 g/mol. The molecule has 0 aliphatic carbocycles. The average Bonchev–Trinajstić information content (AvgIpc) is 2.61. The molecule has 25 heavy (non-hydrogen) atoms. The van der Waals surface area contributed by atoms with Gasteiger partial charge in [-0.05, 0) is 18.1 Å². The Hall–Kier alpha value is -2.40. The molecule has 4 nitrogen and oxygen atoms in total. The number of rotatable bonds is 8. The standard InChI is InChI=1S/C20H23NO3S/c1-3-14-25(23,24)17(2)20(22)21(15-18-10-6-4-7-11-18)16-19-12-8-5-9-13-19/h3-13,17H,1,14-16H2,2H3. The average molecular weight is 357 g/mol. The van der Waals surface area contributed by atoms with E-state index in [1.54, 1.807) is 4.90 Å². The van der Waals surface area contributed by atoms with Gasteiger partial charge in [-0.15, -0.1) is 6.58 Å². The molecule has 5 heteroatoms. The van der Waals surface area contributed by atoms with Gasteiger partial charge in [0.2, 0.25) is 5.91 Å². The molecule has 0 spiro atoms. The number of carbonyl (C=O) groups is 1. The van der Waals surface area contributed by atoms with E-state index in [0.29, 0.717) is 13.1 Å². The second-order valence-electron chi connectivity index (χ2n) is 5.93. The van der Waals surface area contributed by atoms with Crippen LogP contribution in [0.4, 0.5) is 0 Å². The maximum Gasteiger partial charge on any atom is 0.241 e. The van der Waals surface area contributed by atoms with Crippen LogP contribution in [-0.2, 0) is 27.7 Å². The second kappa shape index (κ2) is 8.62. The van der Waals surface area contributed by atoms with Gasteiger partial charge < -0.3 is 4.90 Å². The smallest absolute Gasteiger partial charge is 0.241 e. The number of sulfone groups is 1. The van der Waals surface area contributed by atoms with E-state index in [1.165, 1.54) is 13.0 Å². The van der Waals surface area contributed by atoms with Crippen molar-refractivity contribution in [3.05, 3.63) is 84.4 Å². The first-order valence-corrected chi connectivity index (χ1v) is 9.84. The molecule has 0 aliphatic rings. The van der Waals surface area contributed by atoms with Gasteiger partial charge in [-0.25, -0.2) is 8.42 Å². The minimum atomic E-state index is -3.55. The molecule has 1 atom stereocenters. The third-order valence-electron chi connectivity index (χ3n) is 3.98. The van der Waals surface area contributed by atoms with Crippen molar-refractivity contribution >= 4 is 15.7 Å². The van der Waals surface area contributed by atoms with Gasteiger partial charge in [0, 0.05) is 13.1 Å². The summed E-state index contributed by atoms with van der Waals surface area (Å²) in [6.07, 6.45) is 1.32. The van der Waals surface area contributed by atoms with Crippen LogP contribution in [0, 0.1) is 0 Å². The Morgan fingerprint density at radius 1 is 1.00 bits per heavy atom. The third-order valence-corrected chi connectivity index (χ3v) is 5.96. The molecule has 2 aromatic rings. The van der Waals surface area contributed by atoms with Crippen molar-refractivity contribution in [2.75, 3.05) is 5.75 Å². The normalized spacial score (nSPS) is 12.4. The number of hydrogen-bond acceptors (Lipinski definition) is 3. The predicted molar refractivity (Wildman–Crippen MR) is 101 cm³/mol. The van der Waals surface area contributed by atoms with E-state index >= 15 is 0 Å². The molecule has 1 amide bonds. The van der Waals surface area contributed by atoms with Crippen LogP contribution in [0.25, 0.3) is 0 Å². The van der Waals surface area contributed by atoms with Crippen LogP contribution in [0.15, 0.2) is 73.3 Å². The van der Waals surface area contributed by atoms with E-state index in [2.05, 4.69) is 6.58 Å². The highest BCUT2D eigenvalue weighted by atomic mass is 32.2. The molecule has 1 unspecified atom stereocenters. The summed E-state index contributed by atoms with van der Waals surface area (Å²) in [5, 5.41) is -1.10. The Morgan fingerprint density at radius 2 is 1.44 bits per heavy atom. The largest absolute Gasteiger partial charge is 0.333 e. The molecule has 0 aromatic heterocycles. The number of carbonyl (C=O) groups excluding carboxylic acids is 1. The van der Waals surface area contributed by atoms with Gasteiger partial charge >= 0.3 is 0 Å². The van der Waals surface area contributed by atoms with Crippen molar-refractivity contribution in [2.45, 2.75) is 25.3 Å². The lowest BCUT2D eigenvalue weighted by molar-refractivity contribution is -0.131. The molecule has 0 saturated carbocycles. The van der Waals surface area contributed by atoms with Crippen LogP contribution >= 0.6 is 0 Å². The maximum atomic E-state index is 12.9. The van der Waals surface area contributed by atoms with Crippen molar-refractivity contribution in [1.29, 1.82) is 0 Å². The zero-order valence-electron chi connectivity index (χ0n) is 14.3. The molecular weight excluding hydrogens is 334 g/mol. The van der Waals surface area contributed by atoms with Crippen molar-refractivity contribution in [1.82, 2.24) is 4.90 Å². The summed E-state index contributed by atoms with van der Waals surface area (Å²) in [5.41, 5.74) is 1.92. The second-order valence-corrected chi connectivity index (χ2v) is 8.29. The van der Waals surface area contributed by atoms with Gasteiger partial charge in [-0.1, -0.05) is 66.7 Å². The van der Waals surface area contributed by atoms with Crippen molar-refractivity contribution in [3.63, 3.8) is 0 Å². The summed E-state index contributed by atoms with van der Waals surface area (Å²) in [5.74, 6) is -0.598. The number of hydrogen-bond donors (Lipinski definition) is 0. The Kier molecular flexibility index (Phi) is 6.53. The first-order valence-electron chi connectivity index (χ1n) is 8.13. The van der Waals surface area contributed by atoms with E-state index in [1.807, 2.05) is 60.7 Å². The summed E-state index contributed by atoms with van der Waals surface area (Å²) in [6.45, 7) is 5.64. The fourth-order valence-corrected chi connectivity index (χ4v) is 3.61. The predicted octanol–water partition coefficient (Wildman–Crippen LogP) is 3.20. The molecule has 0 saturated heterocycles. The van der Waals surface area contributed by atoms with E-state index in [9.17, 15) is 13.2 Å². The van der Waals surface area contributed by atoms with Crippen molar-refractivity contribution in [3.8, 4) is 0 Å². The van der Waals surface area contributed by atoms with Gasteiger partial charge in [0.25, 0.3) is 0 Å². The lowest BCUT2D eigenvalue weighted by Crippen LogP contribution is -2.41. The van der Waals surface area contributed by atoms with Crippen molar-refractivity contribution in [2.24, 2.45) is 0 Å². The van der Waals surface area contributed by atoms with Gasteiger partial charge in [-0.2, -0.15) is 0 Å². The highest BCUT2D eigenvalue weighted by Crippen LogP contribution is 2.15. The fraction of sp³-hybridized carbons (Fsp3) is 0.250. The number of benzene rings is 2. The van der Waals surface area contributed by atoms with Crippen LogP contribution in [0.3, 0.4) is 0 Å². The van der Waals surface area contributed by atoms with Crippen LogP contribution < -0.4 is 0 Å². The Balaban J connectivity index is 2.26. The van der Waals surface area contributed by atoms with Crippen LogP contribution in [-0.4, -0.2) is 30.2 Å². The SMILES string of the molecule is C=CCS(=O)(=O)C(C)C(=O)N(Cc1ccccc1)Cc1ccccc1. The Labute approximate surface area is 149 Å². The first kappa shape index (κ1) is 18.9. The summed E-state index contributed by atoms with van der Waals surface area (Å²) < 4.78 is 24.5. The van der Waals surface area contributed by atoms with Gasteiger partial charge in [0.1, 0.15) is 5.25 Å². The molecule has 0 N–H and O–H groups in total.